The zero-order valence-corrected chi connectivity index (χ0v) is 15.0. The van der Waals surface area contributed by atoms with Gasteiger partial charge in [-0.15, -0.1) is 0 Å². The van der Waals surface area contributed by atoms with Crippen molar-refractivity contribution in [1.82, 2.24) is 9.29 Å². The van der Waals surface area contributed by atoms with Crippen molar-refractivity contribution in [2.24, 2.45) is 0 Å². The summed E-state index contributed by atoms with van der Waals surface area (Å²) in [5.41, 5.74) is 2.62. The summed E-state index contributed by atoms with van der Waals surface area (Å²) in [6.45, 7) is 1.64. The number of hydrogen-bond acceptors (Lipinski definition) is 3. The average Bonchev–Trinajstić information content (AvgIpc) is 3.06. The van der Waals surface area contributed by atoms with Gasteiger partial charge in [0.2, 0.25) is 10.0 Å². The Labute approximate surface area is 151 Å². The van der Waals surface area contributed by atoms with Crippen LogP contribution in [0.15, 0.2) is 53.4 Å². The van der Waals surface area contributed by atoms with Crippen LogP contribution < -0.4 is 0 Å². The molecule has 0 atom stereocenters. The number of aromatic nitrogens is 1. The lowest BCUT2D eigenvalue weighted by molar-refractivity contribution is 0.0730. The van der Waals surface area contributed by atoms with Crippen LogP contribution in [0, 0.1) is 0 Å². The number of sulfonamides is 1. The fourth-order valence-electron chi connectivity index (χ4n) is 3.03. The summed E-state index contributed by atoms with van der Waals surface area (Å²) in [6, 6.07) is 14.6. The molecule has 1 N–H and O–H groups in total. The molecule has 0 amide bonds. The maximum absolute atomic E-state index is 12.8. The van der Waals surface area contributed by atoms with Crippen molar-refractivity contribution >= 4 is 32.5 Å². The summed E-state index contributed by atoms with van der Waals surface area (Å²) in [7, 11) is -3.50. The van der Waals surface area contributed by atoms with Crippen molar-refractivity contribution in [3.05, 3.63) is 53.6 Å². The Bertz CT molecular complexity index is 1020. The zero-order chi connectivity index (χ0) is 17.4. The van der Waals surface area contributed by atoms with Crippen LogP contribution in [-0.4, -0.2) is 44.0 Å². The molecule has 0 radical (unpaired) electrons. The van der Waals surface area contributed by atoms with Crippen molar-refractivity contribution in [2.45, 2.75) is 4.90 Å². The molecule has 2 aromatic carbocycles. The van der Waals surface area contributed by atoms with Crippen LogP contribution in [0.3, 0.4) is 0 Å². The van der Waals surface area contributed by atoms with Crippen LogP contribution in [-0.2, 0) is 14.8 Å². The number of rotatable bonds is 3. The first-order valence-electron chi connectivity index (χ1n) is 8.01. The first-order chi connectivity index (χ1) is 12.1. The van der Waals surface area contributed by atoms with E-state index in [2.05, 4.69) is 4.98 Å². The number of aromatic amines is 1. The number of hydrogen-bond donors (Lipinski definition) is 1. The Morgan fingerprint density at radius 1 is 1.04 bits per heavy atom. The number of halogens is 1. The fourth-order valence-corrected chi connectivity index (χ4v) is 4.71. The molecule has 4 rings (SSSR count). The van der Waals surface area contributed by atoms with Gasteiger partial charge < -0.3 is 9.72 Å². The highest BCUT2D eigenvalue weighted by Crippen LogP contribution is 2.31. The summed E-state index contributed by atoms with van der Waals surface area (Å²) < 4.78 is 32.3. The lowest BCUT2D eigenvalue weighted by Crippen LogP contribution is -2.40. The summed E-state index contributed by atoms with van der Waals surface area (Å²) in [6.07, 6.45) is 0. The molecule has 5 nitrogen and oxygen atoms in total. The Morgan fingerprint density at radius 3 is 2.56 bits per heavy atom. The van der Waals surface area contributed by atoms with Crippen molar-refractivity contribution in [3.8, 4) is 11.3 Å². The SMILES string of the molecule is O=S(=O)(c1ccc2[nH]c(-c3ccccc3Cl)cc2c1)N1CCOCC1. The van der Waals surface area contributed by atoms with Gasteiger partial charge in [0.1, 0.15) is 0 Å². The topological polar surface area (TPSA) is 62.4 Å². The number of nitrogens with zero attached hydrogens (tertiary/aromatic N) is 1. The third-order valence-electron chi connectivity index (χ3n) is 4.36. The van der Waals surface area contributed by atoms with Crippen molar-refractivity contribution in [3.63, 3.8) is 0 Å². The van der Waals surface area contributed by atoms with Gasteiger partial charge in [-0.25, -0.2) is 8.42 Å². The highest BCUT2D eigenvalue weighted by Gasteiger charge is 2.26. The largest absolute Gasteiger partial charge is 0.379 e. The van der Waals surface area contributed by atoms with Gasteiger partial charge in [-0.3, -0.25) is 0 Å². The van der Waals surface area contributed by atoms with Crippen LogP contribution in [0.4, 0.5) is 0 Å². The van der Waals surface area contributed by atoms with Crippen LogP contribution in [0.25, 0.3) is 22.2 Å². The second kappa shape index (κ2) is 6.46. The van der Waals surface area contributed by atoms with Crippen molar-refractivity contribution in [1.29, 1.82) is 0 Å². The second-order valence-corrected chi connectivity index (χ2v) is 8.27. The molecule has 7 heteroatoms. The van der Waals surface area contributed by atoms with E-state index in [-0.39, 0.29) is 0 Å². The highest BCUT2D eigenvalue weighted by molar-refractivity contribution is 7.89. The summed E-state index contributed by atoms with van der Waals surface area (Å²) >= 11 is 6.26. The van der Waals surface area contributed by atoms with Gasteiger partial charge in [0, 0.05) is 40.3 Å². The van der Waals surface area contributed by atoms with E-state index >= 15 is 0 Å². The number of ether oxygens (including phenoxy) is 1. The lowest BCUT2D eigenvalue weighted by Gasteiger charge is -2.26. The van der Waals surface area contributed by atoms with Crippen molar-refractivity contribution in [2.75, 3.05) is 26.3 Å². The smallest absolute Gasteiger partial charge is 0.243 e. The van der Waals surface area contributed by atoms with Crippen LogP contribution >= 0.6 is 11.6 Å². The summed E-state index contributed by atoms with van der Waals surface area (Å²) in [5, 5.41) is 1.49. The molecule has 3 aromatic rings. The van der Waals surface area contributed by atoms with E-state index in [1.54, 1.807) is 18.2 Å². The molecular weight excluding hydrogens is 360 g/mol. The number of nitrogens with one attached hydrogen (secondary N) is 1. The van der Waals surface area contributed by atoms with Crippen LogP contribution in [0.5, 0.6) is 0 Å². The lowest BCUT2D eigenvalue weighted by atomic mass is 10.1. The first-order valence-corrected chi connectivity index (χ1v) is 9.83. The quantitative estimate of drug-likeness (QED) is 0.760. The molecule has 2 heterocycles. The number of H-pyrrole nitrogens is 1. The molecule has 1 fully saturated rings. The molecule has 0 aliphatic carbocycles. The van der Waals surface area contributed by atoms with E-state index in [4.69, 9.17) is 16.3 Å². The normalized spacial score (nSPS) is 16.4. The third-order valence-corrected chi connectivity index (χ3v) is 6.59. The van der Waals surface area contributed by atoms with Gasteiger partial charge in [-0.2, -0.15) is 4.31 Å². The molecule has 0 saturated carbocycles. The van der Waals surface area contributed by atoms with Gasteiger partial charge in [-0.1, -0.05) is 29.8 Å². The van der Waals surface area contributed by atoms with Crippen LogP contribution in [0.2, 0.25) is 5.02 Å². The maximum Gasteiger partial charge on any atom is 0.243 e. The predicted octanol–water partition coefficient (Wildman–Crippen LogP) is 3.51. The van der Waals surface area contributed by atoms with Gasteiger partial charge in [-0.05, 0) is 30.3 Å². The van der Waals surface area contributed by atoms with E-state index in [1.807, 2.05) is 30.3 Å². The standard InChI is InChI=1S/C18H17ClN2O3S/c19-16-4-2-1-3-15(16)18-12-13-11-14(5-6-17(13)20-18)25(22,23)21-7-9-24-10-8-21/h1-6,11-12,20H,7-10H2. The Hall–Kier alpha value is -1.86. The highest BCUT2D eigenvalue weighted by atomic mass is 35.5. The molecule has 130 valence electrons. The van der Waals surface area contributed by atoms with E-state index < -0.39 is 10.0 Å². The van der Waals surface area contributed by atoms with Gasteiger partial charge in [0.05, 0.1) is 18.1 Å². The molecule has 0 unspecified atom stereocenters. The van der Waals surface area contributed by atoms with Gasteiger partial charge in [0.15, 0.2) is 0 Å². The molecule has 1 saturated heterocycles. The Kier molecular flexibility index (Phi) is 4.29. The fraction of sp³-hybridized carbons (Fsp3) is 0.222. The second-order valence-electron chi connectivity index (χ2n) is 5.93. The van der Waals surface area contributed by atoms with E-state index in [9.17, 15) is 8.42 Å². The molecule has 1 aliphatic heterocycles. The van der Waals surface area contributed by atoms with Gasteiger partial charge in [0.25, 0.3) is 0 Å². The monoisotopic (exact) mass is 376 g/mol. The van der Waals surface area contributed by atoms with Gasteiger partial charge >= 0.3 is 0 Å². The molecular formula is C18H17ClN2O3S. The first kappa shape index (κ1) is 16.6. The predicted molar refractivity (Wildman–Crippen MR) is 98.3 cm³/mol. The van der Waals surface area contributed by atoms with E-state index in [1.165, 1.54) is 4.31 Å². The molecule has 0 bridgehead atoms. The number of morpholine rings is 1. The minimum atomic E-state index is -3.50. The number of fused-ring (bicyclic) bond motifs is 1. The molecule has 1 aromatic heterocycles. The van der Waals surface area contributed by atoms with E-state index in [0.29, 0.717) is 36.2 Å². The zero-order valence-electron chi connectivity index (χ0n) is 13.4. The van der Waals surface area contributed by atoms with E-state index in [0.717, 1.165) is 22.2 Å². The summed E-state index contributed by atoms with van der Waals surface area (Å²) in [4.78, 5) is 3.60. The average molecular weight is 377 g/mol. The Balaban J connectivity index is 1.75. The Morgan fingerprint density at radius 2 is 1.80 bits per heavy atom. The van der Waals surface area contributed by atoms with Crippen molar-refractivity contribution < 1.29 is 13.2 Å². The summed E-state index contributed by atoms with van der Waals surface area (Å²) in [5.74, 6) is 0. The minimum absolute atomic E-state index is 0.298. The molecule has 25 heavy (non-hydrogen) atoms. The number of benzene rings is 2. The minimum Gasteiger partial charge on any atom is -0.379 e. The molecule has 1 aliphatic rings. The molecule has 0 spiro atoms. The third kappa shape index (κ3) is 3.06. The maximum atomic E-state index is 12.8. The van der Waals surface area contributed by atoms with Crippen LogP contribution in [0.1, 0.15) is 0 Å².